The minimum atomic E-state index is -4.78. The topological polar surface area (TPSA) is 40.5 Å². The molecule has 3 nitrogen and oxygen atoms in total. The van der Waals surface area contributed by atoms with Crippen molar-refractivity contribution >= 4 is 11.6 Å². The lowest BCUT2D eigenvalue weighted by molar-refractivity contribution is -0.138. The van der Waals surface area contributed by atoms with Gasteiger partial charge in [0.15, 0.2) is 0 Å². The summed E-state index contributed by atoms with van der Waals surface area (Å²) < 4.78 is 79.1. The maximum Gasteiger partial charge on any atom is 0.416 e. The molecule has 2 aromatic carbocycles. The molecule has 1 N–H and O–H groups in total. The number of amides is 1. The van der Waals surface area contributed by atoms with E-state index in [0.717, 1.165) is 12.1 Å². The van der Waals surface area contributed by atoms with Crippen molar-refractivity contribution in [2.24, 2.45) is 0 Å². The fourth-order valence-electron chi connectivity index (χ4n) is 3.12. The standard InChI is InChI=1S/C19H15F6NO2/c20-18(21,22)13-5-11(7-15(9-13)26-4-2-1-3-17(26)28)12-6-14(19(23,24)25)10-16(27)8-12/h5-10,27H,1-4H2. The Balaban J connectivity index is 2.17. The number of carbonyl (C=O) groups excluding carboxylic acids is 1. The summed E-state index contributed by atoms with van der Waals surface area (Å²) in [5, 5.41) is 9.62. The number of nitrogens with zero attached hydrogens (tertiary/aromatic N) is 1. The molecule has 9 heteroatoms. The summed E-state index contributed by atoms with van der Waals surface area (Å²) in [5.41, 5.74) is -2.72. The smallest absolute Gasteiger partial charge is 0.416 e. The molecule has 1 heterocycles. The first-order chi connectivity index (χ1) is 12.9. The zero-order chi connectivity index (χ0) is 20.7. The minimum Gasteiger partial charge on any atom is -0.508 e. The number of hydrogen-bond donors (Lipinski definition) is 1. The van der Waals surface area contributed by atoms with Gasteiger partial charge < -0.3 is 10.0 Å². The Hall–Kier alpha value is -2.71. The first kappa shape index (κ1) is 20.0. The molecule has 0 atom stereocenters. The number of phenols is 1. The van der Waals surface area contributed by atoms with Gasteiger partial charge in [0.2, 0.25) is 5.91 Å². The van der Waals surface area contributed by atoms with E-state index in [-0.39, 0.29) is 35.7 Å². The molecule has 0 unspecified atom stereocenters. The molecule has 0 radical (unpaired) electrons. The van der Waals surface area contributed by atoms with Crippen LogP contribution in [0.2, 0.25) is 0 Å². The van der Waals surface area contributed by atoms with Crippen molar-refractivity contribution in [2.45, 2.75) is 31.6 Å². The first-order valence-corrected chi connectivity index (χ1v) is 8.39. The van der Waals surface area contributed by atoms with E-state index in [1.807, 2.05) is 0 Å². The summed E-state index contributed by atoms with van der Waals surface area (Å²) in [6.45, 7) is 0.230. The van der Waals surface area contributed by atoms with Crippen LogP contribution in [0.5, 0.6) is 5.75 Å². The Morgan fingerprint density at radius 2 is 1.36 bits per heavy atom. The van der Waals surface area contributed by atoms with Crippen molar-refractivity contribution in [3.8, 4) is 16.9 Å². The molecule has 1 aliphatic heterocycles. The number of alkyl halides is 6. The number of halogens is 6. The molecule has 1 aliphatic rings. The number of benzene rings is 2. The van der Waals surface area contributed by atoms with Crippen LogP contribution >= 0.6 is 0 Å². The van der Waals surface area contributed by atoms with Crippen LogP contribution in [0, 0.1) is 0 Å². The van der Waals surface area contributed by atoms with Gasteiger partial charge in [-0.3, -0.25) is 4.79 Å². The van der Waals surface area contributed by atoms with Crippen LogP contribution in [-0.4, -0.2) is 17.6 Å². The van der Waals surface area contributed by atoms with Crippen molar-refractivity contribution in [3.63, 3.8) is 0 Å². The lowest BCUT2D eigenvalue weighted by Crippen LogP contribution is -2.35. The molecule has 0 aliphatic carbocycles. The molecule has 3 rings (SSSR count). The van der Waals surface area contributed by atoms with Gasteiger partial charge in [0.25, 0.3) is 0 Å². The van der Waals surface area contributed by atoms with Crippen molar-refractivity contribution in [3.05, 3.63) is 47.5 Å². The van der Waals surface area contributed by atoms with Gasteiger partial charge >= 0.3 is 12.4 Å². The molecule has 28 heavy (non-hydrogen) atoms. The lowest BCUT2D eigenvalue weighted by atomic mass is 9.98. The predicted octanol–water partition coefficient (Wildman–Crippen LogP) is 5.61. The molecule has 0 saturated carbocycles. The van der Waals surface area contributed by atoms with Crippen LogP contribution in [0.25, 0.3) is 11.1 Å². The fraction of sp³-hybridized carbons (Fsp3) is 0.316. The number of aromatic hydroxyl groups is 1. The lowest BCUT2D eigenvalue weighted by Gasteiger charge is -2.28. The Morgan fingerprint density at radius 1 is 0.786 bits per heavy atom. The highest BCUT2D eigenvalue weighted by Gasteiger charge is 2.34. The van der Waals surface area contributed by atoms with Crippen LogP contribution < -0.4 is 4.90 Å². The second-order valence-electron chi connectivity index (χ2n) is 6.54. The number of piperidine rings is 1. The Bertz CT molecular complexity index is 904. The van der Waals surface area contributed by atoms with Gasteiger partial charge in [0.05, 0.1) is 11.1 Å². The van der Waals surface area contributed by atoms with Gasteiger partial charge in [-0.1, -0.05) is 0 Å². The van der Waals surface area contributed by atoms with Gasteiger partial charge in [-0.25, -0.2) is 0 Å². The maximum absolute atomic E-state index is 13.3. The van der Waals surface area contributed by atoms with Gasteiger partial charge in [-0.05, 0) is 60.4 Å². The van der Waals surface area contributed by atoms with Crippen molar-refractivity contribution in [1.29, 1.82) is 0 Å². The summed E-state index contributed by atoms with van der Waals surface area (Å²) in [6.07, 6.45) is -8.10. The fourth-order valence-corrected chi connectivity index (χ4v) is 3.12. The summed E-state index contributed by atoms with van der Waals surface area (Å²) >= 11 is 0. The Labute approximate surface area is 156 Å². The van der Waals surface area contributed by atoms with Crippen LogP contribution in [-0.2, 0) is 17.1 Å². The van der Waals surface area contributed by atoms with Gasteiger partial charge in [-0.2, -0.15) is 26.3 Å². The van der Waals surface area contributed by atoms with E-state index in [0.29, 0.717) is 31.0 Å². The third-order valence-electron chi connectivity index (χ3n) is 4.46. The zero-order valence-corrected chi connectivity index (χ0v) is 14.4. The zero-order valence-electron chi connectivity index (χ0n) is 14.4. The number of anilines is 1. The number of carbonyl (C=O) groups is 1. The molecular formula is C19H15F6NO2. The first-order valence-electron chi connectivity index (χ1n) is 8.39. The predicted molar refractivity (Wildman–Crippen MR) is 89.8 cm³/mol. The molecule has 1 amide bonds. The van der Waals surface area contributed by atoms with Crippen molar-refractivity contribution in [2.75, 3.05) is 11.4 Å². The quantitative estimate of drug-likeness (QED) is 0.662. The largest absolute Gasteiger partial charge is 0.508 e. The number of phenolic OH excluding ortho intramolecular Hbond substituents is 1. The van der Waals surface area contributed by atoms with Gasteiger partial charge in [0.1, 0.15) is 5.75 Å². The van der Waals surface area contributed by atoms with Crippen LogP contribution in [0.4, 0.5) is 32.0 Å². The molecule has 0 bridgehead atoms. The molecule has 0 aromatic heterocycles. The van der Waals surface area contributed by atoms with E-state index in [4.69, 9.17) is 0 Å². The second kappa shape index (κ2) is 7.03. The van der Waals surface area contributed by atoms with Crippen molar-refractivity contribution in [1.82, 2.24) is 0 Å². The summed E-state index contributed by atoms with van der Waals surface area (Å²) in [5.74, 6) is -1.07. The number of rotatable bonds is 2. The van der Waals surface area contributed by atoms with Gasteiger partial charge in [0, 0.05) is 18.7 Å². The highest BCUT2D eigenvalue weighted by atomic mass is 19.4. The van der Waals surface area contributed by atoms with E-state index >= 15 is 0 Å². The molecule has 1 fully saturated rings. The minimum absolute atomic E-state index is 0.0357. The average Bonchev–Trinajstić information content (AvgIpc) is 2.59. The summed E-state index contributed by atoms with van der Waals surface area (Å²) in [6, 6.07) is 4.84. The Kier molecular flexibility index (Phi) is 5.03. The van der Waals surface area contributed by atoms with E-state index in [1.165, 1.54) is 11.0 Å². The SMILES string of the molecule is O=C1CCCCN1c1cc(-c2cc(O)cc(C(F)(F)F)c2)cc(C(F)(F)F)c1. The van der Waals surface area contributed by atoms with Crippen molar-refractivity contribution < 1.29 is 36.2 Å². The molecule has 150 valence electrons. The molecular weight excluding hydrogens is 388 g/mol. The molecule has 2 aromatic rings. The average molecular weight is 403 g/mol. The molecule has 0 spiro atoms. The van der Waals surface area contributed by atoms with Crippen LogP contribution in [0.3, 0.4) is 0 Å². The third-order valence-corrected chi connectivity index (χ3v) is 4.46. The van der Waals surface area contributed by atoms with E-state index in [9.17, 15) is 36.2 Å². The normalized spacial score (nSPS) is 15.8. The Morgan fingerprint density at radius 3 is 1.93 bits per heavy atom. The van der Waals surface area contributed by atoms with Gasteiger partial charge in [-0.15, -0.1) is 0 Å². The summed E-state index contributed by atoms with van der Waals surface area (Å²) in [4.78, 5) is 13.3. The third kappa shape index (κ3) is 4.23. The summed E-state index contributed by atoms with van der Waals surface area (Å²) in [7, 11) is 0. The maximum atomic E-state index is 13.3. The van der Waals surface area contributed by atoms with Crippen LogP contribution in [0.1, 0.15) is 30.4 Å². The highest BCUT2D eigenvalue weighted by Crippen LogP contribution is 2.39. The molecule has 1 saturated heterocycles. The highest BCUT2D eigenvalue weighted by molar-refractivity contribution is 5.95. The van der Waals surface area contributed by atoms with E-state index < -0.39 is 29.2 Å². The van der Waals surface area contributed by atoms with E-state index in [2.05, 4.69) is 0 Å². The van der Waals surface area contributed by atoms with E-state index in [1.54, 1.807) is 0 Å². The number of hydrogen-bond acceptors (Lipinski definition) is 2. The van der Waals surface area contributed by atoms with Crippen LogP contribution in [0.15, 0.2) is 36.4 Å². The second-order valence-corrected chi connectivity index (χ2v) is 6.54. The monoisotopic (exact) mass is 403 g/mol.